The topological polar surface area (TPSA) is 12.4 Å². The first-order valence-electron chi connectivity index (χ1n) is 3.14. The Hall–Kier alpha value is -0.850. The van der Waals surface area contributed by atoms with Crippen molar-refractivity contribution in [2.24, 2.45) is 4.99 Å². The van der Waals surface area contributed by atoms with Crippen LogP contribution >= 0.6 is 0 Å². The molecule has 0 saturated heterocycles. The predicted molar refractivity (Wildman–Crippen MR) is 43.0 cm³/mol. The molecule has 0 fully saturated rings. The maximum absolute atomic E-state index is 4.05. The van der Waals surface area contributed by atoms with Crippen LogP contribution in [0.15, 0.2) is 29.3 Å². The van der Waals surface area contributed by atoms with Gasteiger partial charge in [-0.1, -0.05) is 18.2 Å². The summed E-state index contributed by atoms with van der Waals surface area (Å²) in [4.78, 5) is 4.05. The van der Waals surface area contributed by atoms with E-state index in [0.29, 0.717) is 0 Å². The fourth-order valence-corrected chi connectivity index (χ4v) is 0.374. The van der Waals surface area contributed by atoms with Gasteiger partial charge in [-0.05, 0) is 19.9 Å². The van der Waals surface area contributed by atoms with E-state index in [1.54, 1.807) is 6.21 Å². The second-order valence-corrected chi connectivity index (χ2v) is 1.61. The molecule has 0 aromatic rings. The molecule has 0 aliphatic heterocycles. The van der Waals surface area contributed by atoms with Crippen LogP contribution in [0.2, 0.25) is 0 Å². The van der Waals surface area contributed by atoms with Crippen LogP contribution in [0, 0.1) is 0 Å². The molecule has 1 nitrogen and oxygen atoms in total. The monoisotopic (exact) mass is 123 g/mol. The van der Waals surface area contributed by atoms with Gasteiger partial charge >= 0.3 is 0 Å². The molecule has 0 aliphatic rings. The van der Waals surface area contributed by atoms with E-state index in [-0.39, 0.29) is 0 Å². The third-order valence-corrected chi connectivity index (χ3v) is 0.830. The molecule has 0 spiro atoms. The molecule has 0 unspecified atom stereocenters. The Kier molecular flexibility index (Phi) is 6.47. The first-order chi connectivity index (χ1) is 4.41. The molecule has 0 heterocycles. The summed E-state index contributed by atoms with van der Waals surface area (Å²) in [5, 5.41) is 0. The maximum Gasteiger partial charge on any atom is 0.0570 e. The van der Waals surface area contributed by atoms with Gasteiger partial charge in [0.15, 0.2) is 0 Å². The quantitative estimate of drug-likeness (QED) is 0.403. The van der Waals surface area contributed by atoms with Crippen LogP contribution in [0.5, 0.6) is 0 Å². The van der Waals surface area contributed by atoms with E-state index in [2.05, 4.69) is 4.99 Å². The first-order valence-corrected chi connectivity index (χ1v) is 3.14. The van der Waals surface area contributed by atoms with Crippen LogP contribution in [0.4, 0.5) is 0 Å². The zero-order valence-corrected chi connectivity index (χ0v) is 6.04. The SMILES string of the molecule is C/C=C/C=N/C/C=C/C. The Balaban J connectivity index is 3.25. The largest absolute Gasteiger partial charge is 0.289 e. The van der Waals surface area contributed by atoms with Crippen molar-refractivity contribution in [2.45, 2.75) is 13.8 Å². The summed E-state index contributed by atoms with van der Waals surface area (Å²) < 4.78 is 0. The standard InChI is InChI=1S/C8H13N/c1-3-5-7-9-8-6-4-2/h3-7H,8H2,1-2H3/b5-3+,6-4+,9-7+. The van der Waals surface area contributed by atoms with Crippen molar-refractivity contribution in [3.63, 3.8) is 0 Å². The van der Waals surface area contributed by atoms with Gasteiger partial charge in [0, 0.05) is 6.21 Å². The fraction of sp³-hybridized carbons (Fsp3) is 0.375. The van der Waals surface area contributed by atoms with Gasteiger partial charge in [-0.25, -0.2) is 0 Å². The third kappa shape index (κ3) is 7.15. The first kappa shape index (κ1) is 8.15. The molecular formula is C8H13N. The molecule has 0 atom stereocenters. The summed E-state index contributed by atoms with van der Waals surface area (Å²) >= 11 is 0. The van der Waals surface area contributed by atoms with Crippen molar-refractivity contribution in [1.82, 2.24) is 0 Å². The summed E-state index contributed by atoms with van der Waals surface area (Å²) in [6.45, 7) is 4.76. The lowest BCUT2D eigenvalue weighted by molar-refractivity contribution is 1.25. The van der Waals surface area contributed by atoms with Gasteiger partial charge in [-0.2, -0.15) is 0 Å². The average Bonchev–Trinajstić information content (AvgIpc) is 1.89. The minimum Gasteiger partial charge on any atom is -0.289 e. The molecule has 0 aliphatic carbocycles. The average molecular weight is 123 g/mol. The molecule has 0 aromatic carbocycles. The zero-order valence-electron chi connectivity index (χ0n) is 6.04. The molecule has 0 saturated carbocycles. The fourth-order valence-electron chi connectivity index (χ4n) is 0.374. The van der Waals surface area contributed by atoms with Gasteiger partial charge in [0.25, 0.3) is 0 Å². The summed E-state index contributed by atoms with van der Waals surface area (Å²) in [6, 6.07) is 0. The van der Waals surface area contributed by atoms with Gasteiger partial charge in [0.1, 0.15) is 0 Å². The van der Waals surface area contributed by atoms with Crippen LogP contribution in [0.25, 0.3) is 0 Å². The Morgan fingerprint density at radius 3 is 2.56 bits per heavy atom. The molecule has 9 heavy (non-hydrogen) atoms. The van der Waals surface area contributed by atoms with Crippen molar-refractivity contribution < 1.29 is 0 Å². The van der Waals surface area contributed by atoms with Gasteiger partial charge in [0.05, 0.1) is 6.54 Å². The van der Waals surface area contributed by atoms with E-state index in [1.807, 2.05) is 38.2 Å². The van der Waals surface area contributed by atoms with Crippen LogP contribution in [-0.4, -0.2) is 12.8 Å². The van der Waals surface area contributed by atoms with Crippen molar-refractivity contribution in [1.29, 1.82) is 0 Å². The van der Waals surface area contributed by atoms with Crippen molar-refractivity contribution in [3.8, 4) is 0 Å². The van der Waals surface area contributed by atoms with Gasteiger partial charge < -0.3 is 0 Å². The second-order valence-electron chi connectivity index (χ2n) is 1.61. The number of rotatable bonds is 3. The minimum atomic E-state index is 0.792. The Morgan fingerprint density at radius 1 is 1.22 bits per heavy atom. The lowest BCUT2D eigenvalue weighted by Gasteiger charge is -1.77. The summed E-state index contributed by atoms with van der Waals surface area (Å²) in [5.74, 6) is 0. The van der Waals surface area contributed by atoms with E-state index >= 15 is 0 Å². The molecule has 0 amide bonds. The maximum atomic E-state index is 4.05. The number of hydrogen-bond acceptors (Lipinski definition) is 1. The highest BCUT2D eigenvalue weighted by Gasteiger charge is 1.63. The lowest BCUT2D eigenvalue weighted by atomic mass is 10.5. The highest BCUT2D eigenvalue weighted by Crippen LogP contribution is 1.73. The highest BCUT2D eigenvalue weighted by molar-refractivity contribution is 5.70. The van der Waals surface area contributed by atoms with E-state index in [4.69, 9.17) is 0 Å². The van der Waals surface area contributed by atoms with Crippen molar-refractivity contribution >= 4 is 6.21 Å². The third-order valence-electron chi connectivity index (χ3n) is 0.830. The van der Waals surface area contributed by atoms with Gasteiger partial charge in [0.2, 0.25) is 0 Å². The molecule has 0 radical (unpaired) electrons. The van der Waals surface area contributed by atoms with Crippen molar-refractivity contribution in [2.75, 3.05) is 6.54 Å². The molecule has 1 heteroatoms. The zero-order chi connectivity index (χ0) is 6.95. The number of allylic oxidation sites excluding steroid dienone is 3. The van der Waals surface area contributed by atoms with E-state index in [1.165, 1.54) is 0 Å². The summed E-state index contributed by atoms with van der Waals surface area (Å²) in [5.41, 5.74) is 0. The second kappa shape index (κ2) is 7.15. The number of aliphatic imine (C=N–C) groups is 1. The van der Waals surface area contributed by atoms with E-state index in [0.717, 1.165) is 6.54 Å². The molecule has 0 aromatic heterocycles. The molecule has 0 bridgehead atoms. The summed E-state index contributed by atoms with van der Waals surface area (Å²) in [7, 11) is 0. The molecule has 0 rings (SSSR count). The van der Waals surface area contributed by atoms with Crippen molar-refractivity contribution in [3.05, 3.63) is 24.3 Å². The normalized spacial score (nSPS) is 12.7. The molecule has 50 valence electrons. The highest BCUT2D eigenvalue weighted by atomic mass is 14.7. The Labute approximate surface area is 56.8 Å². The number of nitrogens with zero attached hydrogens (tertiary/aromatic N) is 1. The Morgan fingerprint density at radius 2 is 2.00 bits per heavy atom. The van der Waals surface area contributed by atoms with Crippen LogP contribution in [0.1, 0.15) is 13.8 Å². The number of hydrogen-bond donors (Lipinski definition) is 0. The van der Waals surface area contributed by atoms with Gasteiger partial charge in [-0.3, -0.25) is 4.99 Å². The smallest absolute Gasteiger partial charge is 0.0570 e. The minimum absolute atomic E-state index is 0.792. The molecular weight excluding hydrogens is 110 g/mol. The van der Waals surface area contributed by atoms with Gasteiger partial charge in [-0.15, -0.1) is 0 Å². The summed E-state index contributed by atoms with van der Waals surface area (Å²) in [6.07, 6.45) is 9.69. The Bertz CT molecular complexity index is 121. The van der Waals surface area contributed by atoms with Crippen LogP contribution < -0.4 is 0 Å². The molecule has 0 N–H and O–H groups in total. The van der Waals surface area contributed by atoms with Crippen LogP contribution in [-0.2, 0) is 0 Å². The van der Waals surface area contributed by atoms with E-state index in [9.17, 15) is 0 Å². The lowest BCUT2D eigenvalue weighted by Crippen LogP contribution is -1.70. The van der Waals surface area contributed by atoms with Crippen LogP contribution in [0.3, 0.4) is 0 Å². The predicted octanol–water partition coefficient (Wildman–Crippen LogP) is 2.21. The van der Waals surface area contributed by atoms with E-state index < -0.39 is 0 Å².